The monoisotopic (exact) mass is 261 g/mol. The second-order valence-electron chi connectivity index (χ2n) is 4.22. The third kappa shape index (κ3) is 2.71. The van der Waals surface area contributed by atoms with Crippen LogP contribution in [-0.4, -0.2) is 12.0 Å². The number of hydrogen-bond donors (Lipinski definition) is 1. The molecule has 2 rings (SSSR count). The number of nitrogens with two attached hydrogens (primary N) is 1. The van der Waals surface area contributed by atoms with Gasteiger partial charge in [0.15, 0.2) is 5.13 Å². The molecule has 18 heavy (non-hydrogen) atoms. The molecule has 1 aromatic heterocycles. The van der Waals surface area contributed by atoms with Crippen LogP contribution in [0.25, 0.3) is 0 Å². The summed E-state index contributed by atoms with van der Waals surface area (Å²) in [7, 11) is 2.05. The molecule has 0 spiro atoms. The Morgan fingerprint density at radius 1 is 1.28 bits per heavy atom. The van der Waals surface area contributed by atoms with Gasteiger partial charge in [-0.3, -0.25) is 0 Å². The van der Waals surface area contributed by atoms with E-state index < -0.39 is 0 Å². The Hall–Kier alpha value is -1.39. The van der Waals surface area contributed by atoms with Gasteiger partial charge >= 0.3 is 0 Å². The summed E-state index contributed by atoms with van der Waals surface area (Å²) in [5.41, 5.74) is 8.09. The summed E-state index contributed by atoms with van der Waals surface area (Å²) >= 11 is 1.69. The van der Waals surface area contributed by atoms with Crippen molar-refractivity contribution in [2.24, 2.45) is 5.73 Å². The maximum atomic E-state index is 5.78. The predicted molar refractivity (Wildman–Crippen MR) is 78.5 cm³/mol. The van der Waals surface area contributed by atoms with Gasteiger partial charge in [0.25, 0.3) is 0 Å². The summed E-state index contributed by atoms with van der Waals surface area (Å²) in [6, 6.07) is 10.3. The number of nitrogens with zero attached hydrogens (tertiary/aromatic N) is 2. The summed E-state index contributed by atoms with van der Waals surface area (Å²) in [5, 5.41) is 1.02. The van der Waals surface area contributed by atoms with E-state index in [1.54, 1.807) is 11.3 Å². The molecule has 96 valence electrons. The molecule has 0 aliphatic heterocycles. The summed E-state index contributed by atoms with van der Waals surface area (Å²) in [5.74, 6) is 0. The van der Waals surface area contributed by atoms with Crippen LogP contribution >= 0.6 is 11.3 Å². The van der Waals surface area contributed by atoms with E-state index in [1.807, 2.05) is 25.2 Å². The lowest BCUT2D eigenvalue weighted by atomic mass is 10.2. The smallest absolute Gasteiger partial charge is 0.190 e. The van der Waals surface area contributed by atoms with Gasteiger partial charge in [-0.15, -0.1) is 0 Å². The Labute approximate surface area is 112 Å². The summed E-state index contributed by atoms with van der Waals surface area (Å²) in [6.45, 7) is 2.75. The van der Waals surface area contributed by atoms with Crippen molar-refractivity contribution in [2.75, 3.05) is 11.9 Å². The second kappa shape index (κ2) is 5.98. The van der Waals surface area contributed by atoms with Gasteiger partial charge in [-0.2, -0.15) is 0 Å². The van der Waals surface area contributed by atoms with Crippen LogP contribution in [0.2, 0.25) is 0 Å². The average Bonchev–Trinajstić information content (AvgIpc) is 2.82. The van der Waals surface area contributed by atoms with Crippen molar-refractivity contribution in [3.8, 4) is 0 Å². The minimum atomic E-state index is 0.579. The first-order valence-corrected chi connectivity index (χ1v) is 7.05. The highest BCUT2D eigenvalue weighted by atomic mass is 32.1. The highest BCUT2D eigenvalue weighted by molar-refractivity contribution is 7.15. The van der Waals surface area contributed by atoms with E-state index in [0.717, 1.165) is 29.4 Å². The highest BCUT2D eigenvalue weighted by Gasteiger charge is 2.13. The molecular weight excluding hydrogens is 242 g/mol. The molecule has 0 aliphatic carbocycles. The largest absolute Gasteiger partial charge is 0.326 e. The number of thiazole rings is 1. The van der Waals surface area contributed by atoms with E-state index in [2.05, 4.69) is 24.0 Å². The van der Waals surface area contributed by atoms with Gasteiger partial charge in [0.1, 0.15) is 0 Å². The van der Waals surface area contributed by atoms with E-state index in [9.17, 15) is 0 Å². The van der Waals surface area contributed by atoms with E-state index in [4.69, 9.17) is 10.7 Å². The third-order valence-electron chi connectivity index (χ3n) is 2.87. The molecule has 0 saturated heterocycles. The molecule has 0 amide bonds. The summed E-state index contributed by atoms with van der Waals surface area (Å²) < 4.78 is 0. The molecule has 0 radical (unpaired) electrons. The maximum absolute atomic E-state index is 5.78. The lowest BCUT2D eigenvalue weighted by Gasteiger charge is -2.15. The Morgan fingerprint density at radius 2 is 2.00 bits per heavy atom. The first kappa shape index (κ1) is 13.1. The molecule has 4 heteroatoms. The van der Waals surface area contributed by atoms with Crippen LogP contribution in [0.5, 0.6) is 0 Å². The van der Waals surface area contributed by atoms with Crippen LogP contribution in [0.4, 0.5) is 10.8 Å². The second-order valence-corrected chi connectivity index (χ2v) is 5.28. The predicted octanol–water partition coefficient (Wildman–Crippen LogP) is 3.32. The molecule has 0 fully saturated rings. The lowest BCUT2D eigenvalue weighted by molar-refractivity contribution is 0.869. The van der Waals surface area contributed by atoms with Crippen molar-refractivity contribution >= 4 is 22.2 Å². The van der Waals surface area contributed by atoms with Gasteiger partial charge in [0, 0.05) is 24.2 Å². The molecular formula is C14H19N3S. The molecule has 1 heterocycles. The first-order chi connectivity index (χ1) is 8.76. The Balaban J connectivity index is 2.28. The molecule has 2 aromatic rings. The van der Waals surface area contributed by atoms with Gasteiger partial charge in [0.05, 0.1) is 5.69 Å². The quantitative estimate of drug-likeness (QED) is 0.897. The molecule has 0 atom stereocenters. The fourth-order valence-corrected chi connectivity index (χ4v) is 2.83. The minimum Gasteiger partial charge on any atom is -0.326 e. The highest BCUT2D eigenvalue weighted by Crippen LogP contribution is 2.30. The van der Waals surface area contributed by atoms with Crippen molar-refractivity contribution in [3.63, 3.8) is 0 Å². The standard InChI is InChI=1S/C14H19N3S/c1-3-7-12-13(10-15)18-14(16-12)17(2)11-8-5-4-6-9-11/h4-6,8-9H,3,7,10,15H2,1-2H3. The van der Waals surface area contributed by atoms with Crippen LogP contribution in [0.1, 0.15) is 23.9 Å². The number of anilines is 2. The fourth-order valence-electron chi connectivity index (χ4n) is 1.87. The van der Waals surface area contributed by atoms with Crippen molar-refractivity contribution in [1.29, 1.82) is 0 Å². The fraction of sp³-hybridized carbons (Fsp3) is 0.357. The number of hydrogen-bond acceptors (Lipinski definition) is 4. The van der Waals surface area contributed by atoms with E-state index in [-0.39, 0.29) is 0 Å². The van der Waals surface area contributed by atoms with Crippen molar-refractivity contribution in [2.45, 2.75) is 26.3 Å². The van der Waals surface area contributed by atoms with E-state index >= 15 is 0 Å². The Kier molecular flexibility index (Phi) is 4.33. The number of benzene rings is 1. The lowest BCUT2D eigenvalue weighted by Crippen LogP contribution is -2.08. The molecule has 1 aromatic carbocycles. The molecule has 0 aliphatic rings. The Morgan fingerprint density at radius 3 is 2.61 bits per heavy atom. The minimum absolute atomic E-state index is 0.579. The number of para-hydroxylation sites is 1. The molecule has 0 unspecified atom stereocenters. The van der Waals surface area contributed by atoms with Crippen LogP contribution in [0.3, 0.4) is 0 Å². The van der Waals surface area contributed by atoms with Gasteiger partial charge in [-0.05, 0) is 18.6 Å². The molecule has 0 bridgehead atoms. The Bertz CT molecular complexity index is 493. The number of aryl methyl sites for hydroxylation is 1. The molecule has 0 saturated carbocycles. The van der Waals surface area contributed by atoms with Gasteiger partial charge in [0.2, 0.25) is 0 Å². The summed E-state index contributed by atoms with van der Waals surface area (Å²) in [6.07, 6.45) is 2.11. The van der Waals surface area contributed by atoms with Gasteiger partial charge < -0.3 is 10.6 Å². The van der Waals surface area contributed by atoms with Crippen LogP contribution < -0.4 is 10.6 Å². The van der Waals surface area contributed by atoms with E-state index in [1.165, 1.54) is 4.88 Å². The van der Waals surface area contributed by atoms with E-state index in [0.29, 0.717) is 6.54 Å². The van der Waals surface area contributed by atoms with Crippen LogP contribution in [0, 0.1) is 0 Å². The van der Waals surface area contributed by atoms with Gasteiger partial charge in [-0.25, -0.2) is 4.98 Å². The van der Waals surface area contributed by atoms with Gasteiger partial charge in [-0.1, -0.05) is 42.9 Å². The van der Waals surface area contributed by atoms with Crippen molar-refractivity contribution in [1.82, 2.24) is 4.98 Å². The van der Waals surface area contributed by atoms with Crippen molar-refractivity contribution in [3.05, 3.63) is 40.9 Å². The molecule has 3 nitrogen and oxygen atoms in total. The maximum Gasteiger partial charge on any atom is 0.190 e. The normalized spacial score (nSPS) is 10.6. The third-order valence-corrected chi connectivity index (χ3v) is 4.07. The average molecular weight is 261 g/mol. The SMILES string of the molecule is CCCc1nc(N(C)c2ccccc2)sc1CN. The van der Waals surface area contributed by atoms with Crippen LogP contribution in [-0.2, 0) is 13.0 Å². The topological polar surface area (TPSA) is 42.2 Å². The zero-order valence-corrected chi connectivity index (χ0v) is 11.7. The zero-order chi connectivity index (χ0) is 13.0. The zero-order valence-electron chi connectivity index (χ0n) is 10.9. The number of rotatable bonds is 5. The van der Waals surface area contributed by atoms with Crippen LogP contribution in [0.15, 0.2) is 30.3 Å². The van der Waals surface area contributed by atoms with Crippen molar-refractivity contribution < 1.29 is 0 Å². The number of aromatic nitrogens is 1. The molecule has 2 N–H and O–H groups in total. The summed E-state index contributed by atoms with van der Waals surface area (Å²) in [4.78, 5) is 8.03. The first-order valence-electron chi connectivity index (χ1n) is 6.23.